The van der Waals surface area contributed by atoms with E-state index in [-0.39, 0.29) is 12.5 Å². The number of anilines is 1. The summed E-state index contributed by atoms with van der Waals surface area (Å²) in [5, 5.41) is 11.2. The summed E-state index contributed by atoms with van der Waals surface area (Å²) in [6.07, 6.45) is 4.09. The average Bonchev–Trinajstić information content (AvgIpc) is 3.14. The lowest BCUT2D eigenvalue weighted by molar-refractivity contribution is 0.0264. The van der Waals surface area contributed by atoms with Gasteiger partial charge in [-0.15, -0.1) is 0 Å². The van der Waals surface area contributed by atoms with E-state index in [2.05, 4.69) is 14.9 Å². The summed E-state index contributed by atoms with van der Waals surface area (Å²) in [6, 6.07) is 13.0. The molecule has 1 aromatic carbocycles. The van der Waals surface area contributed by atoms with Crippen LogP contribution in [0.25, 0.3) is 11.0 Å². The van der Waals surface area contributed by atoms with Gasteiger partial charge in [0.1, 0.15) is 11.1 Å². The minimum atomic E-state index is -0.980. The maximum absolute atomic E-state index is 12.8. The second kappa shape index (κ2) is 7.77. The maximum atomic E-state index is 12.8. The van der Waals surface area contributed by atoms with E-state index in [0.717, 1.165) is 22.3 Å². The molecule has 29 heavy (non-hydrogen) atoms. The number of likely N-dealkylation sites (N-methyl/N-ethyl adjacent to an activating group) is 1. The van der Waals surface area contributed by atoms with E-state index < -0.39 is 5.60 Å². The average molecular weight is 391 g/mol. The first kappa shape index (κ1) is 19.3. The lowest BCUT2D eigenvalue weighted by Crippen LogP contribution is -2.45. The van der Waals surface area contributed by atoms with Crippen molar-refractivity contribution in [3.8, 4) is 0 Å². The fourth-order valence-electron chi connectivity index (χ4n) is 3.93. The van der Waals surface area contributed by atoms with Crippen molar-refractivity contribution >= 4 is 22.6 Å². The standard InChI is InChI=1S/C22H25N5O2/c1-26(21(28)17-6-4-16(13-23)5-7-17)14-22(29)9-12-27(15-22)19-8-11-24-18-3-2-10-25-20(18)19/h2-8,10-11,29H,9,12-15,23H2,1H3/t22-/m0/s1. The summed E-state index contributed by atoms with van der Waals surface area (Å²) < 4.78 is 0. The molecule has 1 aliphatic rings. The van der Waals surface area contributed by atoms with E-state index in [0.29, 0.717) is 31.6 Å². The number of hydrogen-bond acceptors (Lipinski definition) is 6. The Hall–Kier alpha value is -3.03. The van der Waals surface area contributed by atoms with Gasteiger partial charge in [0.05, 0.1) is 17.7 Å². The third-order valence-electron chi connectivity index (χ3n) is 5.46. The van der Waals surface area contributed by atoms with Gasteiger partial charge in [-0.1, -0.05) is 12.1 Å². The van der Waals surface area contributed by atoms with Crippen LogP contribution in [0.4, 0.5) is 5.69 Å². The molecule has 1 aliphatic heterocycles. The molecule has 4 rings (SSSR count). The number of hydrogen-bond donors (Lipinski definition) is 2. The summed E-state index contributed by atoms with van der Waals surface area (Å²) in [5.74, 6) is -0.114. The van der Waals surface area contributed by atoms with Gasteiger partial charge in [0.15, 0.2) is 0 Å². The SMILES string of the molecule is CN(C[C@@]1(O)CCN(c2ccnc3cccnc23)C1)C(=O)c1ccc(CN)cc1. The van der Waals surface area contributed by atoms with Crippen LogP contribution in [0.2, 0.25) is 0 Å². The molecule has 3 aromatic rings. The largest absolute Gasteiger partial charge is 0.386 e. The molecule has 1 atom stereocenters. The molecule has 0 aliphatic carbocycles. The highest BCUT2D eigenvalue weighted by molar-refractivity contribution is 5.94. The van der Waals surface area contributed by atoms with Gasteiger partial charge in [-0.05, 0) is 42.3 Å². The number of rotatable bonds is 5. The van der Waals surface area contributed by atoms with Gasteiger partial charge in [-0.25, -0.2) is 0 Å². The van der Waals surface area contributed by atoms with Crippen molar-refractivity contribution in [2.45, 2.75) is 18.6 Å². The van der Waals surface area contributed by atoms with E-state index in [1.807, 2.05) is 30.3 Å². The second-order valence-corrected chi connectivity index (χ2v) is 7.66. The zero-order chi connectivity index (χ0) is 20.4. The van der Waals surface area contributed by atoms with Crippen molar-refractivity contribution in [1.82, 2.24) is 14.9 Å². The van der Waals surface area contributed by atoms with Crippen LogP contribution in [-0.2, 0) is 6.54 Å². The fourth-order valence-corrected chi connectivity index (χ4v) is 3.93. The smallest absolute Gasteiger partial charge is 0.253 e. The highest BCUT2D eigenvalue weighted by Gasteiger charge is 2.38. The van der Waals surface area contributed by atoms with Crippen molar-refractivity contribution in [3.63, 3.8) is 0 Å². The van der Waals surface area contributed by atoms with Crippen molar-refractivity contribution in [3.05, 3.63) is 66.0 Å². The molecule has 3 N–H and O–H groups in total. The molecule has 2 aromatic heterocycles. The summed E-state index contributed by atoms with van der Waals surface area (Å²) in [7, 11) is 1.73. The first-order valence-corrected chi connectivity index (χ1v) is 9.71. The van der Waals surface area contributed by atoms with E-state index in [4.69, 9.17) is 5.73 Å². The van der Waals surface area contributed by atoms with Crippen LogP contribution in [0.3, 0.4) is 0 Å². The molecule has 1 fully saturated rings. The Balaban J connectivity index is 1.47. The second-order valence-electron chi connectivity index (χ2n) is 7.66. The maximum Gasteiger partial charge on any atom is 0.253 e. The molecule has 3 heterocycles. The first-order valence-electron chi connectivity index (χ1n) is 9.71. The molecular weight excluding hydrogens is 366 g/mol. The number of nitrogens with two attached hydrogens (primary N) is 1. The number of β-amino-alcohol motifs (C(OH)–C–C–N with tert-alkyl or cyclic N) is 1. The Bertz CT molecular complexity index is 1020. The van der Waals surface area contributed by atoms with E-state index in [1.54, 1.807) is 36.5 Å². The van der Waals surface area contributed by atoms with Gasteiger partial charge >= 0.3 is 0 Å². The predicted molar refractivity (Wildman–Crippen MR) is 113 cm³/mol. The number of pyridine rings is 2. The molecule has 7 heteroatoms. The molecule has 0 unspecified atom stereocenters. The van der Waals surface area contributed by atoms with Crippen LogP contribution in [-0.4, -0.2) is 58.2 Å². The number of benzene rings is 1. The van der Waals surface area contributed by atoms with Gasteiger partial charge in [0.25, 0.3) is 5.91 Å². The number of fused-ring (bicyclic) bond motifs is 1. The monoisotopic (exact) mass is 391 g/mol. The predicted octanol–water partition coefficient (Wildman–Crippen LogP) is 1.80. The van der Waals surface area contributed by atoms with Crippen LogP contribution >= 0.6 is 0 Å². The number of aromatic nitrogens is 2. The number of amides is 1. The Morgan fingerprint density at radius 2 is 2.00 bits per heavy atom. The molecule has 150 valence electrons. The van der Waals surface area contributed by atoms with Crippen LogP contribution in [0.15, 0.2) is 54.9 Å². The molecule has 0 saturated carbocycles. The molecule has 0 radical (unpaired) electrons. The van der Waals surface area contributed by atoms with Crippen molar-refractivity contribution in [2.75, 3.05) is 31.6 Å². The Kier molecular flexibility index (Phi) is 5.17. The highest BCUT2D eigenvalue weighted by Crippen LogP contribution is 2.31. The third-order valence-corrected chi connectivity index (χ3v) is 5.46. The van der Waals surface area contributed by atoms with Crippen LogP contribution < -0.4 is 10.6 Å². The Labute approximate surface area is 169 Å². The normalized spacial score (nSPS) is 18.9. The summed E-state index contributed by atoms with van der Waals surface area (Å²) >= 11 is 0. The van der Waals surface area contributed by atoms with Crippen LogP contribution in [0.5, 0.6) is 0 Å². The number of aliphatic hydroxyl groups is 1. The number of carbonyl (C=O) groups excluding carboxylic acids is 1. The number of carbonyl (C=O) groups is 1. The molecule has 0 bridgehead atoms. The third kappa shape index (κ3) is 3.92. The van der Waals surface area contributed by atoms with Crippen molar-refractivity contribution in [2.24, 2.45) is 5.73 Å². The lowest BCUT2D eigenvalue weighted by Gasteiger charge is -2.29. The molecule has 1 saturated heterocycles. The Morgan fingerprint density at radius 1 is 1.21 bits per heavy atom. The minimum Gasteiger partial charge on any atom is -0.386 e. The number of nitrogens with zero attached hydrogens (tertiary/aromatic N) is 4. The summed E-state index contributed by atoms with van der Waals surface area (Å²) in [6.45, 7) is 1.84. The van der Waals surface area contributed by atoms with Gasteiger partial charge in [-0.2, -0.15) is 0 Å². The van der Waals surface area contributed by atoms with Gasteiger partial charge in [0, 0.05) is 44.6 Å². The molecule has 0 spiro atoms. The van der Waals surface area contributed by atoms with Crippen molar-refractivity contribution < 1.29 is 9.90 Å². The van der Waals surface area contributed by atoms with E-state index in [1.165, 1.54) is 0 Å². The topological polar surface area (TPSA) is 95.6 Å². The van der Waals surface area contributed by atoms with Crippen molar-refractivity contribution in [1.29, 1.82) is 0 Å². The molecule has 1 amide bonds. The van der Waals surface area contributed by atoms with Gasteiger partial charge < -0.3 is 20.6 Å². The Morgan fingerprint density at radius 3 is 2.76 bits per heavy atom. The zero-order valence-electron chi connectivity index (χ0n) is 16.5. The quantitative estimate of drug-likeness (QED) is 0.689. The van der Waals surface area contributed by atoms with E-state index >= 15 is 0 Å². The highest BCUT2D eigenvalue weighted by atomic mass is 16.3. The molecule has 7 nitrogen and oxygen atoms in total. The zero-order valence-corrected chi connectivity index (χ0v) is 16.5. The lowest BCUT2D eigenvalue weighted by atomic mass is 10.0. The summed E-state index contributed by atoms with van der Waals surface area (Å²) in [4.78, 5) is 25.3. The van der Waals surface area contributed by atoms with Gasteiger partial charge in [0.2, 0.25) is 0 Å². The van der Waals surface area contributed by atoms with E-state index in [9.17, 15) is 9.90 Å². The van der Waals surface area contributed by atoms with Crippen LogP contribution in [0, 0.1) is 0 Å². The van der Waals surface area contributed by atoms with Crippen LogP contribution in [0.1, 0.15) is 22.3 Å². The first-order chi connectivity index (χ1) is 14.0. The minimum absolute atomic E-state index is 0.114. The fraction of sp³-hybridized carbons (Fsp3) is 0.318. The summed E-state index contributed by atoms with van der Waals surface area (Å²) in [5.41, 5.74) is 8.81. The van der Waals surface area contributed by atoms with Gasteiger partial charge in [-0.3, -0.25) is 14.8 Å². The molecular formula is C22H25N5O2.